The zero-order chi connectivity index (χ0) is 24.4. The second-order valence-corrected chi connectivity index (χ2v) is 14.0. The highest BCUT2D eigenvalue weighted by atomic mass is 16.3. The van der Waals surface area contributed by atoms with E-state index in [-0.39, 0.29) is 27.8 Å². The highest BCUT2D eigenvalue weighted by molar-refractivity contribution is 5.38. The van der Waals surface area contributed by atoms with Gasteiger partial charge in [0.2, 0.25) is 0 Å². The van der Waals surface area contributed by atoms with Crippen LogP contribution in [-0.4, -0.2) is 22.9 Å². The van der Waals surface area contributed by atoms with Gasteiger partial charge in [0, 0.05) is 6.61 Å². The van der Waals surface area contributed by atoms with Crippen molar-refractivity contribution in [1.29, 1.82) is 0 Å². The van der Waals surface area contributed by atoms with E-state index in [0.29, 0.717) is 30.3 Å². The van der Waals surface area contributed by atoms with Crippen molar-refractivity contribution in [2.24, 2.45) is 45.3 Å². The Bertz CT molecular complexity index is 806. The highest BCUT2D eigenvalue weighted by Crippen LogP contribution is 2.72. The lowest BCUT2D eigenvalue weighted by molar-refractivity contribution is -0.0966. The molecule has 0 amide bonds. The van der Waals surface area contributed by atoms with Crippen LogP contribution in [0, 0.1) is 45.3 Å². The number of aliphatic hydroxyl groups excluding tert-OH is 2. The summed E-state index contributed by atoms with van der Waals surface area (Å²) >= 11 is 0. The summed E-state index contributed by atoms with van der Waals surface area (Å²) in [4.78, 5) is 0. The number of fused-ring (bicyclic) bond motifs is 4. The first-order valence-electron chi connectivity index (χ1n) is 14.0. The van der Waals surface area contributed by atoms with Crippen molar-refractivity contribution in [3.63, 3.8) is 0 Å². The monoisotopic (exact) mass is 456 g/mol. The van der Waals surface area contributed by atoms with E-state index in [2.05, 4.69) is 55.0 Å². The Kier molecular flexibility index (Phi) is 6.57. The molecule has 2 N–H and O–H groups in total. The predicted octanol–water partition coefficient (Wildman–Crippen LogP) is 7.70. The molecule has 0 aromatic rings. The minimum absolute atomic E-state index is 0.00614. The first-order chi connectivity index (χ1) is 15.3. The Labute approximate surface area is 204 Å². The first kappa shape index (κ1) is 25.5. The molecule has 4 aliphatic carbocycles. The molecule has 0 aromatic carbocycles. The molecule has 0 bridgehead atoms. The van der Waals surface area contributed by atoms with E-state index in [1.807, 2.05) is 0 Å². The minimum Gasteiger partial charge on any atom is -0.396 e. The van der Waals surface area contributed by atoms with Gasteiger partial charge in [0.1, 0.15) is 0 Å². The van der Waals surface area contributed by atoms with Gasteiger partial charge in [0.05, 0.1) is 6.10 Å². The number of rotatable bonds is 6. The van der Waals surface area contributed by atoms with E-state index in [0.717, 1.165) is 25.7 Å². The SMILES string of the molecule is C=C(CC[C@@H](CO)[C@H]1CC[C@@]2(C)C3=C(CC[C@]12C)[C@@]1(C)CC[C@H](O)C(C)(C)[C@H]1CC3)C(C)C. The first-order valence-corrected chi connectivity index (χ1v) is 14.0. The van der Waals surface area contributed by atoms with E-state index in [1.165, 1.54) is 44.1 Å². The minimum atomic E-state index is -0.163. The summed E-state index contributed by atoms with van der Waals surface area (Å²) in [6, 6.07) is 0. The lowest BCUT2D eigenvalue weighted by Crippen LogP contribution is -2.55. The van der Waals surface area contributed by atoms with E-state index in [9.17, 15) is 10.2 Å². The molecule has 188 valence electrons. The lowest BCUT2D eigenvalue weighted by atomic mass is 9.43. The molecular formula is C31H52O2. The van der Waals surface area contributed by atoms with Crippen molar-refractivity contribution in [3.05, 3.63) is 23.3 Å². The number of hydrogen-bond donors (Lipinski definition) is 2. The van der Waals surface area contributed by atoms with E-state index >= 15 is 0 Å². The molecule has 4 rings (SSSR count). The molecule has 0 radical (unpaired) electrons. The lowest BCUT2D eigenvalue weighted by Gasteiger charge is -2.62. The summed E-state index contributed by atoms with van der Waals surface area (Å²) in [5, 5.41) is 21.3. The van der Waals surface area contributed by atoms with Crippen molar-refractivity contribution in [2.75, 3.05) is 6.61 Å². The van der Waals surface area contributed by atoms with Crippen LogP contribution in [0.4, 0.5) is 0 Å². The molecule has 0 spiro atoms. The third-order valence-electron chi connectivity index (χ3n) is 12.3. The van der Waals surface area contributed by atoms with Crippen LogP contribution >= 0.6 is 0 Å². The van der Waals surface area contributed by atoms with Crippen molar-refractivity contribution < 1.29 is 10.2 Å². The van der Waals surface area contributed by atoms with Gasteiger partial charge in [-0.3, -0.25) is 0 Å². The molecule has 0 unspecified atom stereocenters. The van der Waals surface area contributed by atoms with Gasteiger partial charge in [-0.05, 0) is 110 Å². The molecule has 2 heteroatoms. The molecule has 7 atom stereocenters. The summed E-state index contributed by atoms with van der Waals surface area (Å²) in [6.07, 6.45) is 11.5. The molecule has 33 heavy (non-hydrogen) atoms. The summed E-state index contributed by atoms with van der Waals surface area (Å²) < 4.78 is 0. The fraction of sp³-hybridized carbons (Fsp3) is 0.871. The smallest absolute Gasteiger partial charge is 0.0594 e. The molecular weight excluding hydrogens is 404 g/mol. The van der Waals surface area contributed by atoms with Gasteiger partial charge in [0.25, 0.3) is 0 Å². The highest BCUT2D eigenvalue weighted by Gasteiger charge is 2.63. The molecule has 4 aliphatic rings. The largest absolute Gasteiger partial charge is 0.396 e. The summed E-state index contributed by atoms with van der Waals surface area (Å²) in [7, 11) is 0. The van der Waals surface area contributed by atoms with E-state index in [1.54, 1.807) is 11.1 Å². The second-order valence-electron chi connectivity index (χ2n) is 14.0. The topological polar surface area (TPSA) is 40.5 Å². The third kappa shape index (κ3) is 3.64. The van der Waals surface area contributed by atoms with Gasteiger partial charge in [0.15, 0.2) is 0 Å². The summed E-state index contributed by atoms with van der Waals surface area (Å²) in [5.74, 6) is 2.12. The normalized spacial score (nSPS) is 43.2. The van der Waals surface area contributed by atoms with Gasteiger partial charge in [-0.25, -0.2) is 0 Å². The average molecular weight is 457 g/mol. The van der Waals surface area contributed by atoms with Crippen LogP contribution in [0.15, 0.2) is 23.3 Å². The Hall–Kier alpha value is -0.600. The van der Waals surface area contributed by atoms with Crippen molar-refractivity contribution in [2.45, 2.75) is 119 Å². The quantitative estimate of drug-likeness (QED) is 0.402. The maximum Gasteiger partial charge on any atom is 0.0594 e. The van der Waals surface area contributed by atoms with Crippen molar-refractivity contribution in [3.8, 4) is 0 Å². The predicted molar refractivity (Wildman–Crippen MR) is 139 cm³/mol. The van der Waals surface area contributed by atoms with Crippen molar-refractivity contribution in [1.82, 2.24) is 0 Å². The Morgan fingerprint density at radius 1 is 0.970 bits per heavy atom. The van der Waals surface area contributed by atoms with Gasteiger partial charge in [-0.1, -0.05) is 71.8 Å². The zero-order valence-corrected chi connectivity index (χ0v) is 22.8. The van der Waals surface area contributed by atoms with Crippen LogP contribution in [0.25, 0.3) is 0 Å². The van der Waals surface area contributed by atoms with Crippen molar-refractivity contribution >= 4 is 0 Å². The number of aliphatic hydroxyl groups is 2. The molecule has 0 heterocycles. The van der Waals surface area contributed by atoms with Crippen LogP contribution in [0.2, 0.25) is 0 Å². The fourth-order valence-corrected chi connectivity index (χ4v) is 9.55. The molecule has 2 nitrogen and oxygen atoms in total. The van der Waals surface area contributed by atoms with Gasteiger partial charge in [-0.15, -0.1) is 0 Å². The third-order valence-corrected chi connectivity index (χ3v) is 12.3. The molecule has 0 saturated heterocycles. The molecule has 0 aromatic heterocycles. The van der Waals surface area contributed by atoms with Crippen LogP contribution < -0.4 is 0 Å². The van der Waals surface area contributed by atoms with Crippen LogP contribution in [0.1, 0.15) is 113 Å². The second kappa shape index (κ2) is 8.51. The standard InChI is InChI=1S/C31H52O2/c1-20(2)21(3)9-10-22(19-32)23-13-17-31(8)25-11-12-26-28(4,5)27(33)15-16-29(26,6)24(25)14-18-30(23,31)7/h20,22-23,26-27,32-33H,3,9-19H2,1-2,4-8H3/t22-,23+,26+,27-,29+,30+,31-/m0/s1. The molecule has 0 aliphatic heterocycles. The van der Waals surface area contributed by atoms with Crippen LogP contribution in [-0.2, 0) is 0 Å². The Morgan fingerprint density at radius 3 is 2.30 bits per heavy atom. The van der Waals surface area contributed by atoms with Crippen LogP contribution in [0.3, 0.4) is 0 Å². The molecule has 2 fully saturated rings. The van der Waals surface area contributed by atoms with Gasteiger partial charge >= 0.3 is 0 Å². The number of hydrogen-bond acceptors (Lipinski definition) is 2. The number of allylic oxidation sites excluding steroid dienone is 3. The Morgan fingerprint density at radius 2 is 1.67 bits per heavy atom. The van der Waals surface area contributed by atoms with Gasteiger partial charge in [-0.2, -0.15) is 0 Å². The van der Waals surface area contributed by atoms with E-state index in [4.69, 9.17) is 0 Å². The molecule has 2 saturated carbocycles. The maximum absolute atomic E-state index is 10.8. The fourth-order valence-electron chi connectivity index (χ4n) is 9.55. The van der Waals surface area contributed by atoms with Crippen LogP contribution in [0.5, 0.6) is 0 Å². The van der Waals surface area contributed by atoms with Gasteiger partial charge < -0.3 is 10.2 Å². The summed E-state index contributed by atoms with van der Waals surface area (Å²) in [5.41, 5.74) is 5.73. The Balaban J connectivity index is 1.64. The average Bonchev–Trinajstić information content (AvgIpc) is 3.03. The van der Waals surface area contributed by atoms with E-state index < -0.39 is 0 Å². The summed E-state index contributed by atoms with van der Waals surface area (Å²) in [6.45, 7) is 21.5. The zero-order valence-electron chi connectivity index (χ0n) is 22.8. The maximum atomic E-state index is 10.8.